The molecule has 0 bridgehead atoms. The Morgan fingerprint density at radius 2 is 1.72 bits per heavy atom. The molecule has 2 aromatic rings. The second-order valence-electron chi connectivity index (χ2n) is 8.83. The maximum absolute atomic E-state index is 12.3. The minimum Gasteiger partial charge on any atom is -0.398 e. The number of aromatic amines is 1. The van der Waals surface area contributed by atoms with Gasteiger partial charge < -0.3 is 16.5 Å². The van der Waals surface area contributed by atoms with Crippen LogP contribution in [0.15, 0.2) is 51.2 Å². The van der Waals surface area contributed by atoms with Crippen molar-refractivity contribution in [3.8, 4) is 6.07 Å². The number of nitrogens with two attached hydrogens (primary N) is 2. The minimum absolute atomic E-state index is 0.0362. The molecule has 0 saturated heterocycles. The maximum atomic E-state index is 12.3. The van der Waals surface area contributed by atoms with Gasteiger partial charge in [-0.2, -0.15) is 5.26 Å². The van der Waals surface area contributed by atoms with Crippen LogP contribution in [0.5, 0.6) is 0 Å². The van der Waals surface area contributed by atoms with Gasteiger partial charge >= 0.3 is 0 Å². The molecule has 1 aromatic carbocycles. The molecule has 8 heteroatoms. The average molecular weight is 456 g/mol. The van der Waals surface area contributed by atoms with Gasteiger partial charge in [0.05, 0.1) is 22.6 Å². The van der Waals surface area contributed by atoms with Crippen LogP contribution in [-0.2, 0) is 10.8 Å². The number of anilines is 1. The summed E-state index contributed by atoms with van der Waals surface area (Å²) in [6.45, 7) is 5.74. The maximum Gasteiger partial charge on any atom is 0.261 e. The molecule has 32 heavy (non-hydrogen) atoms. The molecule has 1 aromatic heterocycles. The molecule has 172 valence electrons. The van der Waals surface area contributed by atoms with Gasteiger partial charge in [-0.05, 0) is 63.9 Å². The lowest BCUT2D eigenvalue weighted by Crippen LogP contribution is -2.25. The third-order valence-corrected chi connectivity index (χ3v) is 6.96. The van der Waals surface area contributed by atoms with Crippen LogP contribution in [0.25, 0.3) is 0 Å². The number of aromatic nitrogens is 1. The highest BCUT2D eigenvalue weighted by atomic mass is 32.2. The highest BCUT2D eigenvalue weighted by molar-refractivity contribution is 7.86. The number of nitriles is 1. The monoisotopic (exact) mass is 455 g/mol. The van der Waals surface area contributed by atoms with E-state index in [0.717, 1.165) is 12.8 Å². The van der Waals surface area contributed by atoms with Crippen molar-refractivity contribution in [3.63, 3.8) is 0 Å². The van der Waals surface area contributed by atoms with Crippen molar-refractivity contribution in [2.45, 2.75) is 68.9 Å². The smallest absolute Gasteiger partial charge is 0.261 e. The molecule has 3 rings (SSSR count). The first-order valence-corrected chi connectivity index (χ1v) is 12.0. The summed E-state index contributed by atoms with van der Waals surface area (Å²) in [5.41, 5.74) is 12.2. The van der Waals surface area contributed by atoms with E-state index < -0.39 is 16.4 Å². The Labute approximate surface area is 192 Å². The summed E-state index contributed by atoms with van der Waals surface area (Å²) in [6.07, 6.45) is 8.99. The van der Waals surface area contributed by atoms with Gasteiger partial charge in [-0.3, -0.25) is 9.00 Å². The van der Waals surface area contributed by atoms with Crippen molar-refractivity contribution in [2.75, 3.05) is 5.73 Å². The number of rotatable bonds is 3. The lowest BCUT2D eigenvalue weighted by Gasteiger charge is -2.17. The summed E-state index contributed by atoms with van der Waals surface area (Å²) < 4.78 is 12.0. The van der Waals surface area contributed by atoms with Gasteiger partial charge in [0.2, 0.25) is 0 Å². The fraction of sp³-hybridized carbons (Fsp3) is 0.458. The number of amidine groups is 1. The predicted octanol–water partition coefficient (Wildman–Crippen LogP) is 4.38. The normalized spacial score (nSPS) is 16.2. The summed E-state index contributed by atoms with van der Waals surface area (Å²) in [5.74, 6) is 0.418. The van der Waals surface area contributed by atoms with Gasteiger partial charge in [0.15, 0.2) is 0 Å². The quantitative estimate of drug-likeness (QED) is 0.358. The van der Waals surface area contributed by atoms with Crippen molar-refractivity contribution in [2.24, 2.45) is 16.6 Å². The van der Waals surface area contributed by atoms with Crippen LogP contribution < -0.4 is 17.0 Å². The zero-order valence-electron chi connectivity index (χ0n) is 19.1. The van der Waals surface area contributed by atoms with Gasteiger partial charge in [0, 0.05) is 27.4 Å². The topological polar surface area (TPSA) is 138 Å². The summed E-state index contributed by atoms with van der Waals surface area (Å²) >= 11 is 0. The van der Waals surface area contributed by atoms with Gasteiger partial charge in [-0.15, -0.1) is 0 Å². The molecule has 1 saturated carbocycles. The number of hydrogen-bond donors (Lipinski definition) is 3. The number of nitrogens with zero attached hydrogens (tertiary/aromatic N) is 2. The summed E-state index contributed by atoms with van der Waals surface area (Å²) in [5, 5.41) is 8.57. The SMILES string of the molecule is CC(C)(C)S(=O)c1ccc(N=C(N)c2c(N)cc[nH]c2=O)cc1.N#CC1CCCCCC1. The highest BCUT2D eigenvalue weighted by Crippen LogP contribution is 2.23. The standard InChI is InChI=1S/C16H20N4O2S.C8H13N/c1-16(2,3)23(22)11-6-4-10(5-7-11)20-14(18)13-12(17)8-9-19-15(13)21;9-7-8-5-3-1-2-4-6-8/h4-9H,1-3H3,(H2,18,20)(H3,17,19,21);8H,1-6H2. The molecule has 1 unspecified atom stereocenters. The number of pyridine rings is 1. The number of nitrogens with one attached hydrogen (secondary N) is 1. The summed E-state index contributed by atoms with van der Waals surface area (Å²) in [7, 11) is -1.12. The highest BCUT2D eigenvalue weighted by Gasteiger charge is 2.21. The third-order valence-electron chi connectivity index (χ3n) is 5.14. The first-order valence-electron chi connectivity index (χ1n) is 10.9. The van der Waals surface area contributed by atoms with E-state index in [1.165, 1.54) is 31.9 Å². The molecule has 0 amide bonds. The van der Waals surface area contributed by atoms with Crippen LogP contribution >= 0.6 is 0 Å². The Kier molecular flexibility index (Phi) is 9.21. The average Bonchev–Trinajstić information content (AvgIpc) is 3.02. The van der Waals surface area contributed by atoms with E-state index >= 15 is 0 Å². The first-order chi connectivity index (χ1) is 15.1. The Morgan fingerprint density at radius 1 is 1.12 bits per heavy atom. The summed E-state index contributed by atoms with van der Waals surface area (Å²) in [6, 6.07) is 10.8. The number of H-pyrrole nitrogens is 1. The van der Waals surface area contributed by atoms with E-state index in [9.17, 15) is 9.00 Å². The van der Waals surface area contributed by atoms with Gasteiger partial charge in [-0.25, -0.2) is 4.99 Å². The molecule has 1 fully saturated rings. The Morgan fingerprint density at radius 3 is 2.22 bits per heavy atom. The van der Waals surface area contributed by atoms with Crippen LogP contribution in [0, 0.1) is 17.2 Å². The Bertz CT molecular complexity index is 1040. The fourth-order valence-corrected chi connectivity index (χ4v) is 4.45. The molecule has 5 N–H and O–H groups in total. The van der Waals surface area contributed by atoms with Crippen LogP contribution in [0.3, 0.4) is 0 Å². The molecule has 0 radical (unpaired) electrons. The second kappa shape index (κ2) is 11.6. The third kappa shape index (κ3) is 7.34. The summed E-state index contributed by atoms with van der Waals surface area (Å²) in [4.78, 5) is 19.2. The van der Waals surface area contributed by atoms with Crippen molar-refractivity contribution < 1.29 is 4.21 Å². The molecule has 1 aliphatic carbocycles. The number of nitrogen functional groups attached to an aromatic ring is 1. The molecule has 0 spiro atoms. The molecular weight excluding hydrogens is 422 g/mol. The van der Waals surface area contributed by atoms with Crippen LogP contribution in [0.2, 0.25) is 0 Å². The largest absolute Gasteiger partial charge is 0.398 e. The molecule has 7 nitrogen and oxygen atoms in total. The molecule has 0 aliphatic heterocycles. The lowest BCUT2D eigenvalue weighted by molar-refractivity contribution is 0.571. The van der Waals surface area contributed by atoms with Crippen molar-refractivity contribution >= 4 is 28.0 Å². The van der Waals surface area contributed by atoms with E-state index in [4.69, 9.17) is 16.7 Å². The van der Waals surface area contributed by atoms with Crippen molar-refractivity contribution in [3.05, 3.63) is 52.4 Å². The van der Waals surface area contributed by atoms with Crippen LogP contribution in [0.1, 0.15) is 64.9 Å². The minimum atomic E-state index is -1.12. The van der Waals surface area contributed by atoms with Gasteiger partial charge in [0.1, 0.15) is 11.4 Å². The van der Waals surface area contributed by atoms with Gasteiger partial charge in [-0.1, -0.05) is 25.7 Å². The van der Waals surface area contributed by atoms with E-state index in [0.29, 0.717) is 16.5 Å². The van der Waals surface area contributed by atoms with Crippen LogP contribution in [0.4, 0.5) is 11.4 Å². The van der Waals surface area contributed by atoms with E-state index in [2.05, 4.69) is 16.0 Å². The van der Waals surface area contributed by atoms with Crippen LogP contribution in [-0.4, -0.2) is 19.8 Å². The predicted molar refractivity (Wildman–Crippen MR) is 131 cm³/mol. The molecule has 1 aliphatic rings. The fourth-order valence-electron chi connectivity index (χ4n) is 3.36. The molecular formula is C24H33N5O2S. The zero-order chi connectivity index (χ0) is 23.7. The Hall–Kier alpha value is -2.92. The number of benzene rings is 1. The van der Waals surface area contributed by atoms with Crippen molar-refractivity contribution in [1.29, 1.82) is 5.26 Å². The Balaban J connectivity index is 0.000000336. The second-order valence-corrected chi connectivity index (χ2v) is 11.1. The lowest BCUT2D eigenvalue weighted by atomic mass is 10.0. The number of hydrogen-bond acceptors (Lipinski definition) is 5. The van der Waals surface area contributed by atoms with E-state index in [1.807, 2.05) is 20.8 Å². The number of aliphatic imine (C=N–C) groups is 1. The van der Waals surface area contributed by atoms with Gasteiger partial charge in [0.25, 0.3) is 5.56 Å². The molecule has 1 atom stereocenters. The zero-order valence-corrected chi connectivity index (χ0v) is 19.9. The first kappa shape index (κ1) is 25.3. The van der Waals surface area contributed by atoms with E-state index in [1.54, 1.807) is 30.3 Å². The van der Waals surface area contributed by atoms with E-state index in [-0.39, 0.29) is 21.8 Å². The molecule has 1 heterocycles. The van der Waals surface area contributed by atoms with Crippen molar-refractivity contribution in [1.82, 2.24) is 4.98 Å².